The van der Waals surface area contributed by atoms with Crippen LogP contribution in [0.5, 0.6) is 0 Å². The maximum Gasteiger partial charge on any atom is 0.143 e. The molecule has 3 nitrogen and oxygen atoms in total. The van der Waals surface area contributed by atoms with Crippen molar-refractivity contribution in [2.45, 2.75) is 6.92 Å². The van der Waals surface area contributed by atoms with Crippen LogP contribution in [0.4, 0.5) is 15.1 Å². The van der Waals surface area contributed by atoms with E-state index in [9.17, 15) is 4.39 Å². The molecule has 0 unspecified atom stereocenters. The van der Waals surface area contributed by atoms with Gasteiger partial charge in [0.2, 0.25) is 0 Å². The van der Waals surface area contributed by atoms with E-state index in [0.29, 0.717) is 21.9 Å². The Hall–Kier alpha value is -1.64. The molecule has 6 heteroatoms. The second-order valence-electron chi connectivity index (χ2n) is 3.34. The van der Waals surface area contributed by atoms with Crippen molar-refractivity contribution in [3.05, 3.63) is 40.3 Å². The molecule has 0 aliphatic carbocycles. The Kier molecular flexibility index (Phi) is 3.27. The molecular formula is C11H7ClFN3S. The minimum atomic E-state index is -0.503. The quantitative estimate of drug-likeness (QED) is 0.899. The summed E-state index contributed by atoms with van der Waals surface area (Å²) in [7, 11) is 0. The van der Waals surface area contributed by atoms with E-state index < -0.39 is 5.82 Å². The minimum absolute atomic E-state index is 0.0662. The number of anilines is 2. The first-order valence-electron chi connectivity index (χ1n) is 4.70. The van der Waals surface area contributed by atoms with Crippen LogP contribution in [-0.2, 0) is 0 Å². The standard InChI is InChI=1S/C11H7ClFN3S/c1-6-8(5-14)11(17-16-6)15-7-2-3-9(12)10(13)4-7/h2-4,15H,1H3. The number of benzene rings is 1. The van der Waals surface area contributed by atoms with Gasteiger partial charge in [-0.2, -0.15) is 9.64 Å². The van der Waals surface area contributed by atoms with Gasteiger partial charge in [-0.25, -0.2) is 4.39 Å². The third-order valence-electron chi connectivity index (χ3n) is 2.15. The number of nitriles is 1. The molecular weight excluding hydrogens is 261 g/mol. The lowest BCUT2D eigenvalue weighted by Crippen LogP contribution is -1.91. The minimum Gasteiger partial charge on any atom is -0.345 e. The SMILES string of the molecule is Cc1nsc(Nc2ccc(Cl)c(F)c2)c1C#N. The van der Waals surface area contributed by atoms with E-state index in [-0.39, 0.29) is 5.02 Å². The van der Waals surface area contributed by atoms with Crippen molar-refractivity contribution in [2.75, 3.05) is 5.32 Å². The highest BCUT2D eigenvalue weighted by Gasteiger charge is 2.10. The highest BCUT2D eigenvalue weighted by Crippen LogP contribution is 2.28. The van der Waals surface area contributed by atoms with E-state index in [1.165, 1.54) is 23.7 Å². The topological polar surface area (TPSA) is 48.7 Å². The van der Waals surface area contributed by atoms with Crippen LogP contribution in [0.15, 0.2) is 18.2 Å². The van der Waals surface area contributed by atoms with Crippen molar-refractivity contribution in [3.63, 3.8) is 0 Å². The largest absolute Gasteiger partial charge is 0.345 e. The average molecular weight is 268 g/mol. The van der Waals surface area contributed by atoms with Crippen molar-refractivity contribution in [3.8, 4) is 6.07 Å². The van der Waals surface area contributed by atoms with Gasteiger partial charge < -0.3 is 5.32 Å². The van der Waals surface area contributed by atoms with Gasteiger partial charge in [0.1, 0.15) is 22.5 Å². The number of nitrogens with zero attached hydrogens (tertiary/aromatic N) is 2. The van der Waals surface area contributed by atoms with Gasteiger partial charge in [0, 0.05) is 5.69 Å². The predicted octanol–water partition coefficient (Wildman–Crippen LogP) is 3.86. The van der Waals surface area contributed by atoms with E-state index in [1.54, 1.807) is 13.0 Å². The molecule has 1 N–H and O–H groups in total. The molecule has 1 heterocycles. The van der Waals surface area contributed by atoms with Gasteiger partial charge in [-0.05, 0) is 36.7 Å². The number of rotatable bonds is 2. The molecule has 17 heavy (non-hydrogen) atoms. The molecule has 0 fully saturated rings. The van der Waals surface area contributed by atoms with Gasteiger partial charge in [0.05, 0.1) is 10.7 Å². The van der Waals surface area contributed by atoms with E-state index in [0.717, 1.165) is 0 Å². The second kappa shape index (κ2) is 4.70. The van der Waals surface area contributed by atoms with Crippen LogP contribution in [0.2, 0.25) is 5.02 Å². The molecule has 0 spiro atoms. The molecule has 0 aliphatic heterocycles. The summed E-state index contributed by atoms with van der Waals surface area (Å²) in [6.07, 6.45) is 0. The van der Waals surface area contributed by atoms with Gasteiger partial charge >= 0.3 is 0 Å². The van der Waals surface area contributed by atoms with Gasteiger partial charge in [0.25, 0.3) is 0 Å². The zero-order chi connectivity index (χ0) is 12.4. The molecule has 0 saturated heterocycles. The van der Waals surface area contributed by atoms with Crippen LogP contribution in [-0.4, -0.2) is 4.37 Å². The van der Waals surface area contributed by atoms with Gasteiger partial charge in [-0.1, -0.05) is 11.6 Å². The second-order valence-corrected chi connectivity index (χ2v) is 4.52. The zero-order valence-corrected chi connectivity index (χ0v) is 10.4. The number of aryl methyl sites for hydroxylation is 1. The van der Waals surface area contributed by atoms with Crippen molar-refractivity contribution in [2.24, 2.45) is 0 Å². The first-order valence-corrected chi connectivity index (χ1v) is 5.85. The number of halogens is 2. The van der Waals surface area contributed by atoms with Crippen LogP contribution < -0.4 is 5.32 Å². The van der Waals surface area contributed by atoms with Crippen LogP contribution in [0, 0.1) is 24.1 Å². The van der Waals surface area contributed by atoms with Crippen molar-refractivity contribution in [1.29, 1.82) is 5.26 Å². The summed E-state index contributed by atoms with van der Waals surface area (Å²) in [5.41, 5.74) is 1.67. The molecule has 1 aromatic heterocycles. The highest BCUT2D eigenvalue weighted by atomic mass is 35.5. The smallest absolute Gasteiger partial charge is 0.143 e. The Morgan fingerprint density at radius 3 is 2.94 bits per heavy atom. The summed E-state index contributed by atoms with van der Waals surface area (Å²) in [4.78, 5) is 0. The summed E-state index contributed by atoms with van der Waals surface area (Å²) < 4.78 is 17.3. The van der Waals surface area contributed by atoms with E-state index in [4.69, 9.17) is 16.9 Å². The Morgan fingerprint density at radius 1 is 1.53 bits per heavy atom. The normalized spacial score (nSPS) is 10.0. The highest BCUT2D eigenvalue weighted by molar-refractivity contribution is 7.10. The third-order valence-corrected chi connectivity index (χ3v) is 3.31. The average Bonchev–Trinajstić information content (AvgIpc) is 2.64. The van der Waals surface area contributed by atoms with E-state index in [2.05, 4.69) is 15.8 Å². The lowest BCUT2D eigenvalue weighted by molar-refractivity contribution is 0.629. The Bertz CT molecular complexity index is 603. The summed E-state index contributed by atoms with van der Waals surface area (Å²) in [5.74, 6) is -0.503. The molecule has 2 aromatic rings. The summed E-state index contributed by atoms with van der Waals surface area (Å²) in [6.45, 7) is 1.75. The number of aromatic nitrogens is 1. The number of hydrogen-bond acceptors (Lipinski definition) is 4. The first kappa shape index (κ1) is 11.8. The fourth-order valence-electron chi connectivity index (χ4n) is 1.29. The van der Waals surface area contributed by atoms with Gasteiger partial charge in [0.15, 0.2) is 0 Å². The van der Waals surface area contributed by atoms with Gasteiger partial charge in [-0.15, -0.1) is 0 Å². The molecule has 0 bridgehead atoms. The van der Waals surface area contributed by atoms with Crippen molar-refractivity contribution >= 4 is 33.8 Å². The predicted molar refractivity (Wildman–Crippen MR) is 66.3 cm³/mol. The lowest BCUT2D eigenvalue weighted by atomic mass is 10.2. The fraction of sp³-hybridized carbons (Fsp3) is 0.0909. The maximum absolute atomic E-state index is 13.2. The number of nitrogens with one attached hydrogen (secondary N) is 1. The van der Waals surface area contributed by atoms with Crippen LogP contribution >= 0.6 is 23.1 Å². The molecule has 1 aromatic carbocycles. The summed E-state index contributed by atoms with van der Waals surface area (Å²) in [5, 5.41) is 12.6. The van der Waals surface area contributed by atoms with Crippen LogP contribution in [0.1, 0.15) is 11.3 Å². The molecule has 0 atom stereocenters. The molecule has 86 valence electrons. The lowest BCUT2D eigenvalue weighted by Gasteiger charge is -2.04. The third kappa shape index (κ3) is 2.38. The monoisotopic (exact) mass is 267 g/mol. The molecule has 0 aliphatic rings. The molecule has 0 saturated carbocycles. The van der Waals surface area contributed by atoms with Crippen LogP contribution in [0.3, 0.4) is 0 Å². The number of hydrogen-bond donors (Lipinski definition) is 1. The zero-order valence-electron chi connectivity index (χ0n) is 8.79. The van der Waals surface area contributed by atoms with E-state index in [1.807, 2.05) is 0 Å². The first-order chi connectivity index (χ1) is 8.11. The summed E-state index contributed by atoms with van der Waals surface area (Å²) >= 11 is 6.75. The maximum atomic E-state index is 13.2. The van der Waals surface area contributed by atoms with Gasteiger partial charge in [-0.3, -0.25) is 0 Å². The Morgan fingerprint density at radius 2 is 2.29 bits per heavy atom. The Balaban J connectivity index is 2.32. The van der Waals surface area contributed by atoms with Crippen molar-refractivity contribution in [1.82, 2.24) is 4.37 Å². The fourth-order valence-corrected chi connectivity index (χ4v) is 2.18. The summed E-state index contributed by atoms with van der Waals surface area (Å²) in [6, 6.07) is 6.43. The molecule has 0 radical (unpaired) electrons. The molecule has 0 amide bonds. The molecule has 2 rings (SSSR count). The Labute approximate surface area is 107 Å². The van der Waals surface area contributed by atoms with Crippen molar-refractivity contribution < 1.29 is 4.39 Å². The van der Waals surface area contributed by atoms with Crippen LogP contribution in [0.25, 0.3) is 0 Å². The van der Waals surface area contributed by atoms with E-state index >= 15 is 0 Å².